The highest BCUT2D eigenvalue weighted by atomic mass is 15.1. The van der Waals surface area contributed by atoms with E-state index in [9.17, 15) is 0 Å². The van der Waals surface area contributed by atoms with E-state index in [0.717, 1.165) is 6.04 Å². The predicted octanol–water partition coefficient (Wildman–Crippen LogP) is 1.43. The summed E-state index contributed by atoms with van der Waals surface area (Å²) in [6.45, 7) is 0. The molecule has 0 N–H and O–H groups in total. The van der Waals surface area contributed by atoms with E-state index in [0.29, 0.717) is 0 Å². The van der Waals surface area contributed by atoms with Crippen molar-refractivity contribution in [3.63, 3.8) is 0 Å². The van der Waals surface area contributed by atoms with E-state index in [2.05, 4.69) is 34.9 Å². The third-order valence-electron chi connectivity index (χ3n) is 2.54. The third-order valence-corrected chi connectivity index (χ3v) is 2.54. The highest BCUT2D eigenvalue weighted by Crippen LogP contribution is 2.28. The van der Waals surface area contributed by atoms with Crippen molar-refractivity contribution < 1.29 is 4.57 Å². The van der Waals surface area contributed by atoms with Gasteiger partial charge in [0.25, 0.3) is 0 Å². The topological polar surface area (TPSA) is 8.81 Å². The van der Waals surface area contributed by atoms with Gasteiger partial charge in [-0.25, -0.2) is 9.13 Å². The average molecular weight is 151 g/mol. The Morgan fingerprint density at radius 3 is 2.64 bits per heavy atom. The Labute approximate surface area is 67.5 Å². The Hall–Kier alpha value is -0.790. The predicted molar refractivity (Wildman–Crippen MR) is 43.1 cm³/mol. The van der Waals surface area contributed by atoms with Gasteiger partial charge in [0.1, 0.15) is 18.4 Å². The molecule has 2 nitrogen and oxygen atoms in total. The zero-order chi connectivity index (χ0) is 7.68. The van der Waals surface area contributed by atoms with Crippen LogP contribution in [0.5, 0.6) is 0 Å². The average Bonchev–Trinajstić information content (AvgIpc) is 2.55. The summed E-state index contributed by atoms with van der Waals surface area (Å²) in [6.07, 6.45) is 12.0. The van der Waals surface area contributed by atoms with Gasteiger partial charge in [-0.2, -0.15) is 0 Å². The normalized spacial score (nSPS) is 19.4. The molecule has 11 heavy (non-hydrogen) atoms. The summed E-state index contributed by atoms with van der Waals surface area (Å²) in [5, 5.41) is 0. The molecule has 1 saturated carbocycles. The van der Waals surface area contributed by atoms with Gasteiger partial charge >= 0.3 is 0 Å². The summed E-state index contributed by atoms with van der Waals surface area (Å²) >= 11 is 0. The molecule has 0 unspecified atom stereocenters. The highest BCUT2D eigenvalue weighted by molar-refractivity contribution is 4.78. The molecule has 0 bridgehead atoms. The lowest BCUT2D eigenvalue weighted by Gasteiger charge is -2.02. The molecule has 2 rings (SSSR count). The fraction of sp³-hybridized carbons (Fsp3) is 0.667. The van der Waals surface area contributed by atoms with Crippen molar-refractivity contribution >= 4 is 0 Å². The molecule has 2 heteroatoms. The molecule has 0 amide bonds. The lowest BCUT2D eigenvalue weighted by Crippen LogP contribution is -2.24. The van der Waals surface area contributed by atoms with Crippen LogP contribution in [0.3, 0.4) is 0 Å². The van der Waals surface area contributed by atoms with Crippen LogP contribution < -0.4 is 4.57 Å². The first-order chi connectivity index (χ1) is 5.36. The van der Waals surface area contributed by atoms with Crippen molar-refractivity contribution in [1.29, 1.82) is 0 Å². The summed E-state index contributed by atoms with van der Waals surface area (Å²) < 4.78 is 4.45. The molecule has 0 spiro atoms. The maximum Gasteiger partial charge on any atom is 0.243 e. The molecule has 0 radical (unpaired) electrons. The van der Waals surface area contributed by atoms with Crippen molar-refractivity contribution in [2.75, 3.05) is 0 Å². The van der Waals surface area contributed by atoms with Gasteiger partial charge < -0.3 is 0 Å². The molecule has 0 atom stereocenters. The minimum atomic E-state index is 0.788. The third kappa shape index (κ3) is 1.30. The number of aromatic nitrogens is 2. The van der Waals surface area contributed by atoms with Gasteiger partial charge in [-0.15, -0.1) is 0 Å². The van der Waals surface area contributed by atoms with E-state index in [-0.39, 0.29) is 0 Å². The van der Waals surface area contributed by atoms with E-state index in [1.54, 1.807) is 0 Å². The van der Waals surface area contributed by atoms with Crippen LogP contribution in [0.15, 0.2) is 18.7 Å². The Kier molecular flexibility index (Phi) is 1.68. The quantitative estimate of drug-likeness (QED) is 0.537. The molecule has 1 aliphatic rings. The number of imidazole rings is 1. The second kappa shape index (κ2) is 2.68. The highest BCUT2D eigenvalue weighted by Gasteiger charge is 2.20. The molecule has 1 aromatic rings. The van der Waals surface area contributed by atoms with Crippen LogP contribution >= 0.6 is 0 Å². The number of hydrogen-bond donors (Lipinski definition) is 0. The first-order valence-corrected chi connectivity index (χ1v) is 4.39. The van der Waals surface area contributed by atoms with Crippen molar-refractivity contribution in [2.45, 2.75) is 31.7 Å². The van der Waals surface area contributed by atoms with Gasteiger partial charge in [-0.1, -0.05) is 0 Å². The smallest absolute Gasteiger partial charge is 0.240 e. The Balaban J connectivity index is 2.15. The van der Waals surface area contributed by atoms with Crippen LogP contribution in [0.1, 0.15) is 31.7 Å². The Morgan fingerprint density at radius 1 is 1.36 bits per heavy atom. The summed E-state index contributed by atoms with van der Waals surface area (Å²) in [5.41, 5.74) is 0. The Morgan fingerprint density at radius 2 is 2.09 bits per heavy atom. The van der Waals surface area contributed by atoms with Crippen LogP contribution in [0.2, 0.25) is 0 Å². The largest absolute Gasteiger partial charge is 0.243 e. The molecule has 1 fully saturated rings. The van der Waals surface area contributed by atoms with Crippen LogP contribution in [0.25, 0.3) is 0 Å². The molecule has 1 heterocycles. The summed E-state index contributed by atoms with van der Waals surface area (Å²) in [7, 11) is 2.07. The monoisotopic (exact) mass is 151 g/mol. The summed E-state index contributed by atoms with van der Waals surface area (Å²) in [4.78, 5) is 0. The first kappa shape index (κ1) is 6.89. The fourth-order valence-electron chi connectivity index (χ4n) is 1.89. The van der Waals surface area contributed by atoms with Crippen molar-refractivity contribution in [2.24, 2.45) is 7.05 Å². The molecule has 0 saturated heterocycles. The van der Waals surface area contributed by atoms with Crippen LogP contribution in [0.4, 0.5) is 0 Å². The second-order valence-corrected chi connectivity index (χ2v) is 3.46. The van der Waals surface area contributed by atoms with E-state index < -0.39 is 0 Å². The van der Waals surface area contributed by atoms with E-state index in [1.165, 1.54) is 25.7 Å². The summed E-state index contributed by atoms with van der Waals surface area (Å²) in [6, 6.07) is 0.788. The zero-order valence-electron chi connectivity index (χ0n) is 7.03. The maximum absolute atomic E-state index is 2.34. The van der Waals surface area contributed by atoms with Crippen molar-refractivity contribution in [3.05, 3.63) is 18.7 Å². The van der Waals surface area contributed by atoms with Crippen molar-refractivity contribution in [3.8, 4) is 0 Å². The van der Waals surface area contributed by atoms with Gasteiger partial charge in [0.15, 0.2) is 0 Å². The Bertz CT molecular complexity index is 233. The van der Waals surface area contributed by atoms with Gasteiger partial charge in [0.05, 0.1) is 7.05 Å². The van der Waals surface area contributed by atoms with Gasteiger partial charge in [-0.05, 0) is 25.7 Å². The van der Waals surface area contributed by atoms with Gasteiger partial charge in [0.2, 0.25) is 6.33 Å². The van der Waals surface area contributed by atoms with E-state index in [1.807, 2.05) is 0 Å². The lowest BCUT2D eigenvalue weighted by atomic mass is 10.2. The van der Waals surface area contributed by atoms with Gasteiger partial charge in [-0.3, -0.25) is 0 Å². The number of nitrogens with zero attached hydrogens (tertiary/aromatic N) is 2. The minimum Gasteiger partial charge on any atom is -0.240 e. The molecule has 0 aromatic carbocycles. The van der Waals surface area contributed by atoms with E-state index >= 15 is 0 Å². The molecule has 1 aromatic heterocycles. The maximum atomic E-state index is 2.34. The molecule has 0 aliphatic heterocycles. The van der Waals surface area contributed by atoms with Gasteiger partial charge in [0, 0.05) is 0 Å². The standard InChI is InChI=1S/C9H15N2/c1-10-6-7-11(8-10)9-4-2-3-5-9/h6-9H,2-5H2,1H3/q+1. The fourth-order valence-corrected chi connectivity index (χ4v) is 1.89. The molecule has 1 aliphatic carbocycles. The number of aryl methyl sites for hydroxylation is 1. The molecular weight excluding hydrogens is 136 g/mol. The molecular formula is C9H15N2+. The molecule has 60 valence electrons. The second-order valence-electron chi connectivity index (χ2n) is 3.46. The number of hydrogen-bond acceptors (Lipinski definition) is 0. The first-order valence-electron chi connectivity index (χ1n) is 4.39. The summed E-state index contributed by atoms with van der Waals surface area (Å²) in [5.74, 6) is 0. The van der Waals surface area contributed by atoms with Crippen LogP contribution in [-0.4, -0.2) is 4.57 Å². The van der Waals surface area contributed by atoms with Crippen LogP contribution in [0, 0.1) is 0 Å². The van der Waals surface area contributed by atoms with Crippen molar-refractivity contribution in [1.82, 2.24) is 4.57 Å². The number of rotatable bonds is 1. The zero-order valence-corrected chi connectivity index (χ0v) is 7.03. The lowest BCUT2D eigenvalue weighted by molar-refractivity contribution is -0.671. The van der Waals surface area contributed by atoms with E-state index in [4.69, 9.17) is 0 Å². The minimum absolute atomic E-state index is 0.788. The van der Waals surface area contributed by atoms with Crippen LogP contribution in [-0.2, 0) is 7.05 Å². The SMILES string of the molecule is C[n+]1ccn(C2CCCC2)c1.